The highest BCUT2D eigenvalue weighted by atomic mass is 35.5. The molecule has 2 heterocycles. The van der Waals surface area contributed by atoms with Gasteiger partial charge in [-0.05, 0) is 55.8 Å². The Morgan fingerprint density at radius 3 is 2.39 bits per heavy atom. The minimum Gasteiger partial charge on any atom is -0.495 e. The largest absolute Gasteiger partial charge is 0.495 e. The molecule has 1 amide bonds. The van der Waals surface area contributed by atoms with Gasteiger partial charge in [-0.25, -0.2) is 9.97 Å². The molecule has 1 saturated heterocycles. The number of amides is 1. The number of methoxy groups -OCH3 is 1. The summed E-state index contributed by atoms with van der Waals surface area (Å²) in [5.74, 6) is 0.717. The Bertz CT molecular complexity index is 1220. The second-order valence-corrected chi connectivity index (χ2v) is 9.26. The van der Waals surface area contributed by atoms with Crippen LogP contribution >= 0.6 is 11.6 Å². The van der Waals surface area contributed by atoms with E-state index >= 15 is 0 Å². The van der Waals surface area contributed by atoms with Crippen LogP contribution in [0.25, 0.3) is 12.2 Å². The van der Waals surface area contributed by atoms with Crippen molar-refractivity contribution >= 4 is 47.0 Å². The second kappa shape index (κ2) is 11.4. The van der Waals surface area contributed by atoms with Crippen molar-refractivity contribution in [2.45, 2.75) is 25.9 Å². The lowest BCUT2D eigenvalue weighted by molar-refractivity contribution is 0.0962. The van der Waals surface area contributed by atoms with Crippen LogP contribution in [0.4, 0.5) is 17.3 Å². The molecule has 0 aliphatic carbocycles. The van der Waals surface area contributed by atoms with Crippen LogP contribution in [-0.2, 0) is 0 Å². The fourth-order valence-electron chi connectivity index (χ4n) is 4.26. The van der Waals surface area contributed by atoms with Crippen molar-refractivity contribution in [2.75, 3.05) is 37.5 Å². The summed E-state index contributed by atoms with van der Waals surface area (Å²) in [6.07, 6.45) is 7.08. The van der Waals surface area contributed by atoms with Gasteiger partial charge in [0.1, 0.15) is 5.75 Å². The molecule has 1 fully saturated rings. The standard InChI is InChI=1S/C27H31ClN6O2/c1-17-15-34(16-18(2)32-17)23-9-7-22(8-10-23)33-27-30-13-19(14-31-27)5-6-20-11-21(26(35)29-3)12-24(36-4)25(20)28/h5-14,17-18,32H,15-16H2,1-4H3,(H,29,35)(H,30,31,33)/t17-,18+. The first-order valence-corrected chi connectivity index (χ1v) is 12.2. The number of carbonyl (C=O) groups excluding carboxylic acids is 1. The molecular formula is C27H31ClN6O2. The van der Waals surface area contributed by atoms with Gasteiger partial charge in [-0.2, -0.15) is 0 Å². The third-order valence-electron chi connectivity index (χ3n) is 5.95. The topological polar surface area (TPSA) is 91.4 Å². The maximum Gasteiger partial charge on any atom is 0.251 e. The quantitative estimate of drug-likeness (QED) is 0.431. The average molecular weight is 507 g/mol. The van der Waals surface area contributed by atoms with Gasteiger partial charge in [0.05, 0.1) is 12.1 Å². The number of hydrogen-bond donors (Lipinski definition) is 3. The highest BCUT2D eigenvalue weighted by molar-refractivity contribution is 6.33. The van der Waals surface area contributed by atoms with E-state index in [2.05, 4.69) is 56.8 Å². The zero-order valence-corrected chi connectivity index (χ0v) is 21.6. The Kier molecular flexibility index (Phi) is 8.07. The number of halogens is 1. The number of nitrogens with one attached hydrogen (secondary N) is 3. The molecule has 0 unspecified atom stereocenters. The lowest BCUT2D eigenvalue weighted by Gasteiger charge is -2.37. The lowest BCUT2D eigenvalue weighted by Crippen LogP contribution is -2.54. The van der Waals surface area contributed by atoms with Gasteiger partial charge in [0, 0.05) is 67.1 Å². The zero-order valence-electron chi connectivity index (χ0n) is 20.9. The number of nitrogens with zero attached hydrogens (tertiary/aromatic N) is 3. The molecule has 1 aliphatic rings. The second-order valence-electron chi connectivity index (χ2n) is 8.88. The summed E-state index contributed by atoms with van der Waals surface area (Å²) in [5.41, 5.74) is 4.03. The molecule has 2 aromatic carbocycles. The van der Waals surface area contributed by atoms with E-state index in [1.165, 1.54) is 12.8 Å². The van der Waals surface area contributed by atoms with Crippen molar-refractivity contribution < 1.29 is 9.53 Å². The summed E-state index contributed by atoms with van der Waals surface area (Å²) >= 11 is 6.43. The minimum atomic E-state index is -0.219. The Hall–Kier alpha value is -3.62. The highest BCUT2D eigenvalue weighted by Crippen LogP contribution is 2.31. The molecule has 0 spiro atoms. The molecule has 1 aromatic heterocycles. The molecule has 0 radical (unpaired) electrons. The SMILES string of the molecule is CNC(=O)c1cc(C=Cc2cnc(Nc3ccc(N4C[C@@H](C)N[C@@H](C)C4)cc3)nc2)c(Cl)c(OC)c1. The Morgan fingerprint density at radius 1 is 1.11 bits per heavy atom. The predicted molar refractivity (Wildman–Crippen MR) is 146 cm³/mol. The summed E-state index contributed by atoms with van der Waals surface area (Å²) in [4.78, 5) is 23.3. The van der Waals surface area contributed by atoms with Gasteiger partial charge in [-0.15, -0.1) is 0 Å². The van der Waals surface area contributed by atoms with E-state index in [0.29, 0.717) is 39.9 Å². The van der Waals surface area contributed by atoms with Gasteiger partial charge in [0.25, 0.3) is 5.91 Å². The summed E-state index contributed by atoms with van der Waals surface area (Å²) in [6, 6.07) is 12.6. The first-order valence-electron chi connectivity index (χ1n) is 11.8. The molecule has 0 saturated carbocycles. The van der Waals surface area contributed by atoms with E-state index < -0.39 is 0 Å². The Labute approximate surface area is 216 Å². The molecule has 4 rings (SSSR count). The third kappa shape index (κ3) is 6.13. The number of carbonyl (C=O) groups is 1. The van der Waals surface area contributed by atoms with Crippen LogP contribution in [0.15, 0.2) is 48.8 Å². The van der Waals surface area contributed by atoms with Crippen LogP contribution in [0.1, 0.15) is 35.3 Å². The van der Waals surface area contributed by atoms with E-state index in [-0.39, 0.29) is 5.91 Å². The molecule has 2 atom stereocenters. The smallest absolute Gasteiger partial charge is 0.251 e. The van der Waals surface area contributed by atoms with Crippen molar-refractivity contribution in [2.24, 2.45) is 0 Å². The van der Waals surface area contributed by atoms with Crippen LogP contribution < -0.4 is 25.6 Å². The van der Waals surface area contributed by atoms with Gasteiger partial charge < -0.3 is 25.6 Å². The van der Waals surface area contributed by atoms with Crippen molar-refractivity contribution in [3.05, 3.63) is 70.5 Å². The Balaban J connectivity index is 1.42. The minimum absolute atomic E-state index is 0.219. The van der Waals surface area contributed by atoms with Gasteiger partial charge in [0.2, 0.25) is 5.95 Å². The monoisotopic (exact) mass is 506 g/mol. The number of anilines is 3. The molecule has 188 valence electrons. The molecule has 1 aliphatic heterocycles. The van der Waals surface area contributed by atoms with Gasteiger partial charge in [0.15, 0.2) is 0 Å². The van der Waals surface area contributed by atoms with Gasteiger partial charge >= 0.3 is 0 Å². The van der Waals surface area contributed by atoms with Crippen molar-refractivity contribution in [1.82, 2.24) is 20.6 Å². The van der Waals surface area contributed by atoms with Crippen LogP contribution in [0.3, 0.4) is 0 Å². The molecule has 0 bridgehead atoms. The van der Waals surface area contributed by atoms with E-state index in [1.807, 2.05) is 18.2 Å². The number of hydrogen-bond acceptors (Lipinski definition) is 7. The molecule has 36 heavy (non-hydrogen) atoms. The number of piperazine rings is 1. The van der Waals surface area contributed by atoms with Crippen LogP contribution in [-0.4, -0.2) is 55.2 Å². The lowest BCUT2D eigenvalue weighted by atomic mass is 10.1. The van der Waals surface area contributed by atoms with Crippen LogP contribution in [0.2, 0.25) is 5.02 Å². The third-order valence-corrected chi connectivity index (χ3v) is 6.35. The molecule has 9 heteroatoms. The predicted octanol–water partition coefficient (Wildman–Crippen LogP) is 4.60. The van der Waals surface area contributed by atoms with Gasteiger partial charge in [-0.1, -0.05) is 23.8 Å². The number of benzene rings is 2. The van der Waals surface area contributed by atoms with E-state index in [1.54, 1.807) is 37.7 Å². The summed E-state index contributed by atoms with van der Waals surface area (Å²) in [5, 5.41) is 9.84. The average Bonchev–Trinajstić information content (AvgIpc) is 2.88. The summed E-state index contributed by atoms with van der Waals surface area (Å²) in [7, 11) is 3.09. The zero-order chi connectivity index (χ0) is 25.7. The first-order chi connectivity index (χ1) is 17.4. The van der Waals surface area contributed by atoms with Crippen molar-refractivity contribution in [3.8, 4) is 5.75 Å². The summed E-state index contributed by atoms with van der Waals surface area (Å²) < 4.78 is 5.31. The molecule has 3 N–H and O–H groups in total. The highest BCUT2D eigenvalue weighted by Gasteiger charge is 2.21. The van der Waals surface area contributed by atoms with Crippen LogP contribution in [0, 0.1) is 0 Å². The van der Waals surface area contributed by atoms with E-state index in [4.69, 9.17) is 16.3 Å². The molecule has 3 aromatic rings. The molecular weight excluding hydrogens is 476 g/mol. The molecule has 8 nitrogen and oxygen atoms in total. The number of aromatic nitrogens is 2. The number of rotatable bonds is 7. The van der Waals surface area contributed by atoms with Crippen LogP contribution in [0.5, 0.6) is 5.75 Å². The Morgan fingerprint density at radius 2 is 1.78 bits per heavy atom. The maximum absolute atomic E-state index is 12.1. The maximum atomic E-state index is 12.1. The number of ether oxygens (including phenoxy) is 1. The first kappa shape index (κ1) is 25.5. The summed E-state index contributed by atoms with van der Waals surface area (Å²) in [6.45, 7) is 6.40. The van der Waals surface area contributed by atoms with Crippen molar-refractivity contribution in [1.29, 1.82) is 0 Å². The normalized spacial score (nSPS) is 17.8. The fraction of sp³-hybridized carbons (Fsp3) is 0.296. The van der Waals surface area contributed by atoms with E-state index in [9.17, 15) is 4.79 Å². The van der Waals surface area contributed by atoms with E-state index in [0.717, 1.165) is 24.3 Å². The van der Waals surface area contributed by atoms with Crippen molar-refractivity contribution in [3.63, 3.8) is 0 Å². The van der Waals surface area contributed by atoms with Gasteiger partial charge in [-0.3, -0.25) is 4.79 Å². The fourth-order valence-corrected chi connectivity index (χ4v) is 4.51.